The summed E-state index contributed by atoms with van der Waals surface area (Å²) < 4.78 is 0. The Labute approximate surface area is 115 Å². The number of para-hydroxylation sites is 1. The van der Waals surface area contributed by atoms with Crippen molar-refractivity contribution in [2.75, 3.05) is 11.4 Å². The van der Waals surface area contributed by atoms with Crippen LogP contribution in [0.15, 0.2) is 30.3 Å². The van der Waals surface area contributed by atoms with Crippen LogP contribution < -0.4 is 10.6 Å². The Morgan fingerprint density at radius 3 is 2.42 bits per heavy atom. The Balaban J connectivity index is 1.94. The van der Waals surface area contributed by atoms with Crippen LogP contribution in [0.25, 0.3) is 0 Å². The highest BCUT2D eigenvalue weighted by Gasteiger charge is 2.23. The molecule has 0 atom stereocenters. The van der Waals surface area contributed by atoms with Crippen molar-refractivity contribution in [3.8, 4) is 0 Å². The maximum Gasteiger partial charge on any atom is 0.227 e. The van der Waals surface area contributed by atoms with Crippen LogP contribution in [-0.2, 0) is 4.79 Å². The van der Waals surface area contributed by atoms with E-state index < -0.39 is 0 Å². The number of amides is 1. The van der Waals surface area contributed by atoms with Crippen LogP contribution in [0.4, 0.5) is 5.69 Å². The molecule has 1 amide bonds. The summed E-state index contributed by atoms with van der Waals surface area (Å²) >= 11 is 0. The topological polar surface area (TPSA) is 46.3 Å². The minimum absolute atomic E-state index is 0.245. The number of rotatable bonds is 4. The first-order valence-corrected chi connectivity index (χ1v) is 7.31. The fraction of sp³-hybridized carbons (Fsp3) is 0.562. The minimum atomic E-state index is 0.245. The van der Waals surface area contributed by atoms with Crippen LogP contribution >= 0.6 is 0 Å². The molecule has 1 fully saturated rings. The highest BCUT2D eigenvalue weighted by atomic mass is 16.2. The Morgan fingerprint density at radius 1 is 1.21 bits per heavy atom. The highest BCUT2D eigenvalue weighted by Crippen LogP contribution is 2.27. The third kappa shape index (κ3) is 3.80. The largest absolute Gasteiger partial charge is 0.328 e. The molecule has 1 aromatic carbocycles. The quantitative estimate of drug-likeness (QED) is 0.904. The van der Waals surface area contributed by atoms with E-state index in [1.165, 1.54) is 0 Å². The lowest BCUT2D eigenvalue weighted by molar-refractivity contribution is -0.119. The van der Waals surface area contributed by atoms with Gasteiger partial charge in [0.15, 0.2) is 0 Å². The van der Waals surface area contributed by atoms with E-state index in [1.54, 1.807) is 0 Å². The predicted molar refractivity (Wildman–Crippen MR) is 79.0 cm³/mol. The van der Waals surface area contributed by atoms with E-state index in [-0.39, 0.29) is 5.91 Å². The van der Waals surface area contributed by atoms with Crippen molar-refractivity contribution in [3.05, 3.63) is 30.3 Å². The maximum absolute atomic E-state index is 12.4. The molecule has 3 heteroatoms. The molecule has 0 radical (unpaired) electrons. The number of nitrogens with zero attached hydrogens (tertiary/aromatic N) is 1. The van der Waals surface area contributed by atoms with Gasteiger partial charge in [0, 0.05) is 24.7 Å². The molecular formula is C16H24N2O. The van der Waals surface area contributed by atoms with Crippen LogP contribution in [-0.4, -0.2) is 18.5 Å². The second kappa shape index (κ2) is 6.71. The summed E-state index contributed by atoms with van der Waals surface area (Å²) in [5, 5.41) is 0. The fourth-order valence-electron chi connectivity index (χ4n) is 2.86. The van der Waals surface area contributed by atoms with Crippen LogP contribution in [0, 0.1) is 5.92 Å². The first-order chi connectivity index (χ1) is 9.20. The molecule has 1 saturated carbocycles. The van der Waals surface area contributed by atoms with Crippen molar-refractivity contribution in [3.63, 3.8) is 0 Å². The molecule has 0 spiro atoms. The molecule has 19 heavy (non-hydrogen) atoms. The van der Waals surface area contributed by atoms with Gasteiger partial charge in [0.2, 0.25) is 5.91 Å². The lowest BCUT2D eigenvalue weighted by Gasteiger charge is -2.28. The van der Waals surface area contributed by atoms with Gasteiger partial charge in [0.05, 0.1) is 0 Å². The van der Waals surface area contributed by atoms with Crippen LogP contribution in [0.2, 0.25) is 0 Å². The summed E-state index contributed by atoms with van der Waals surface area (Å²) in [6.45, 7) is 2.76. The van der Waals surface area contributed by atoms with Gasteiger partial charge in [0.1, 0.15) is 0 Å². The second-order valence-electron chi connectivity index (χ2n) is 5.46. The summed E-state index contributed by atoms with van der Waals surface area (Å²) in [7, 11) is 0. The summed E-state index contributed by atoms with van der Waals surface area (Å²) in [5.74, 6) is 0.763. The zero-order valence-corrected chi connectivity index (χ0v) is 11.7. The van der Waals surface area contributed by atoms with Crippen molar-refractivity contribution in [2.24, 2.45) is 11.7 Å². The summed E-state index contributed by atoms with van der Waals surface area (Å²) in [6, 6.07) is 10.3. The maximum atomic E-state index is 12.4. The fourth-order valence-corrected chi connectivity index (χ4v) is 2.86. The number of anilines is 1. The molecule has 1 aliphatic rings. The average molecular weight is 260 g/mol. The van der Waals surface area contributed by atoms with Crippen molar-refractivity contribution in [1.29, 1.82) is 0 Å². The van der Waals surface area contributed by atoms with Crippen molar-refractivity contribution in [2.45, 2.75) is 45.1 Å². The normalized spacial score (nSPS) is 23.1. The standard InChI is InChI=1S/C16H24N2O/c1-2-18(15-6-4-3-5-7-15)16(19)12-13-8-10-14(17)11-9-13/h3-7,13-14H,2,8-12,17H2,1H3. The van der Waals surface area contributed by atoms with Crippen LogP contribution in [0.3, 0.4) is 0 Å². The van der Waals surface area contributed by atoms with Crippen molar-refractivity contribution >= 4 is 11.6 Å². The SMILES string of the molecule is CCN(C(=O)CC1CCC(N)CC1)c1ccccc1. The molecule has 104 valence electrons. The van der Waals surface area contributed by atoms with Gasteiger partial charge in [-0.1, -0.05) is 18.2 Å². The zero-order valence-electron chi connectivity index (χ0n) is 11.7. The molecule has 0 unspecified atom stereocenters. The summed E-state index contributed by atoms with van der Waals surface area (Å²) in [4.78, 5) is 14.3. The van der Waals surface area contributed by atoms with Gasteiger partial charge >= 0.3 is 0 Å². The highest BCUT2D eigenvalue weighted by molar-refractivity contribution is 5.93. The monoisotopic (exact) mass is 260 g/mol. The van der Waals surface area contributed by atoms with Gasteiger partial charge in [-0.15, -0.1) is 0 Å². The molecular weight excluding hydrogens is 236 g/mol. The van der Waals surface area contributed by atoms with E-state index in [2.05, 4.69) is 0 Å². The molecule has 0 aliphatic heterocycles. The first-order valence-electron chi connectivity index (χ1n) is 7.31. The van der Waals surface area contributed by atoms with Gasteiger partial charge < -0.3 is 10.6 Å². The zero-order chi connectivity index (χ0) is 13.7. The Kier molecular flexibility index (Phi) is 4.97. The average Bonchev–Trinajstić information content (AvgIpc) is 2.43. The van der Waals surface area contributed by atoms with Gasteiger partial charge in [0.25, 0.3) is 0 Å². The molecule has 0 heterocycles. The molecule has 3 nitrogen and oxygen atoms in total. The summed E-state index contributed by atoms with van der Waals surface area (Å²) in [5.41, 5.74) is 6.91. The van der Waals surface area contributed by atoms with Gasteiger partial charge in [-0.05, 0) is 50.7 Å². The van der Waals surface area contributed by atoms with Crippen molar-refractivity contribution in [1.82, 2.24) is 0 Å². The Morgan fingerprint density at radius 2 is 1.84 bits per heavy atom. The molecule has 1 aliphatic carbocycles. The van der Waals surface area contributed by atoms with E-state index in [4.69, 9.17) is 5.73 Å². The van der Waals surface area contributed by atoms with E-state index in [0.29, 0.717) is 18.4 Å². The second-order valence-corrected chi connectivity index (χ2v) is 5.46. The van der Waals surface area contributed by atoms with Crippen LogP contribution in [0.5, 0.6) is 0 Å². The van der Waals surface area contributed by atoms with E-state index >= 15 is 0 Å². The van der Waals surface area contributed by atoms with E-state index in [0.717, 1.165) is 37.9 Å². The number of hydrogen-bond donors (Lipinski definition) is 1. The number of benzene rings is 1. The van der Waals surface area contributed by atoms with Gasteiger partial charge in [-0.2, -0.15) is 0 Å². The predicted octanol–water partition coefficient (Wildman–Crippen LogP) is 2.95. The number of carbonyl (C=O) groups is 1. The lowest BCUT2D eigenvalue weighted by atomic mass is 9.84. The lowest BCUT2D eigenvalue weighted by Crippen LogP contribution is -2.34. The molecule has 1 aromatic rings. The van der Waals surface area contributed by atoms with Crippen molar-refractivity contribution < 1.29 is 4.79 Å². The van der Waals surface area contributed by atoms with E-state index in [1.807, 2.05) is 42.2 Å². The molecule has 0 aromatic heterocycles. The molecule has 0 saturated heterocycles. The molecule has 2 rings (SSSR count). The van der Waals surface area contributed by atoms with Gasteiger partial charge in [-0.25, -0.2) is 0 Å². The smallest absolute Gasteiger partial charge is 0.227 e. The van der Waals surface area contributed by atoms with Crippen LogP contribution in [0.1, 0.15) is 39.0 Å². The molecule has 0 bridgehead atoms. The number of carbonyl (C=O) groups excluding carboxylic acids is 1. The van der Waals surface area contributed by atoms with E-state index in [9.17, 15) is 4.79 Å². The Hall–Kier alpha value is -1.35. The third-order valence-electron chi connectivity index (χ3n) is 4.04. The molecule has 2 N–H and O–H groups in total. The third-order valence-corrected chi connectivity index (χ3v) is 4.04. The number of nitrogens with two attached hydrogens (primary N) is 1. The first kappa shape index (κ1) is 14.1. The van der Waals surface area contributed by atoms with Gasteiger partial charge in [-0.3, -0.25) is 4.79 Å². The summed E-state index contributed by atoms with van der Waals surface area (Å²) in [6.07, 6.45) is 4.98. The number of hydrogen-bond acceptors (Lipinski definition) is 2. The minimum Gasteiger partial charge on any atom is -0.328 e. The Bertz CT molecular complexity index is 396.